The van der Waals surface area contributed by atoms with Crippen molar-refractivity contribution in [3.05, 3.63) is 71.2 Å². The number of H-pyrrole nitrogens is 1. The van der Waals surface area contributed by atoms with Crippen LogP contribution in [0.5, 0.6) is 0 Å². The largest absolute Gasteiger partial charge is 0.481 e. The lowest BCUT2D eigenvalue weighted by Crippen LogP contribution is -2.51. The number of nitrogens with one attached hydrogen (secondary N) is 2. The molecule has 3 aliphatic carbocycles. The molecule has 2 aromatic heterocycles. The van der Waals surface area contributed by atoms with E-state index in [-0.39, 0.29) is 45.1 Å². The van der Waals surface area contributed by atoms with Gasteiger partial charge in [-0.25, -0.2) is 26.9 Å². The third-order valence-corrected chi connectivity index (χ3v) is 8.23. The third kappa shape index (κ3) is 4.06. The third-order valence-electron chi connectivity index (χ3n) is 8.23. The molecule has 0 saturated heterocycles. The summed E-state index contributed by atoms with van der Waals surface area (Å²) in [7, 11) is 0. The minimum absolute atomic E-state index is 0.0235. The predicted octanol–water partition coefficient (Wildman–Crippen LogP) is 6.77. The Hall–Kier alpha value is -4.46. The Balaban J connectivity index is 1.60. The molecule has 3 fully saturated rings. The predicted molar refractivity (Wildman–Crippen MR) is 135 cm³/mol. The molecule has 0 amide bonds. The number of halogens is 5. The summed E-state index contributed by atoms with van der Waals surface area (Å²) in [4.78, 5) is 19.2. The maximum atomic E-state index is 16.3. The number of carbonyl (C=O) groups is 1. The van der Waals surface area contributed by atoms with Crippen LogP contribution in [0.25, 0.3) is 33.3 Å². The summed E-state index contributed by atoms with van der Waals surface area (Å²) >= 11 is 0. The molecular weight excluding hydrogens is 531 g/mol. The molecule has 7 rings (SSSR count). The van der Waals surface area contributed by atoms with Gasteiger partial charge in [-0.1, -0.05) is 6.07 Å². The van der Waals surface area contributed by atoms with E-state index >= 15 is 4.39 Å². The van der Waals surface area contributed by atoms with E-state index in [4.69, 9.17) is 0 Å². The number of aromatic nitrogens is 2. The van der Waals surface area contributed by atoms with Crippen LogP contribution in [0.1, 0.15) is 31.2 Å². The van der Waals surface area contributed by atoms with Crippen LogP contribution in [0.3, 0.4) is 0 Å². The zero-order chi connectivity index (χ0) is 28.3. The standard InChI is InChI=1S/C29H21F5N4O2/c30-15-8-16-18(11-36-27(16)21(33)9-15)26-17(10-35)22(14-5-6-19(31)20(32)7-14)24(34)28(38-26)37-25-13-3-1-12(2-4-13)23(25)29(39)40/h5-9,11-13,23,25,36H,1-4H2,(H,37,38)(H,39,40)/t12?,13?,23-,25-/m1/s1. The lowest BCUT2D eigenvalue weighted by Gasteiger charge is -2.47. The number of hydrogen-bond acceptors (Lipinski definition) is 4. The lowest BCUT2D eigenvalue weighted by atomic mass is 9.61. The lowest BCUT2D eigenvalue weighted by molar-refractivity contribution is -0.148. The van der Waals surface area contributed by atoms with Crippen molar-refractivity contribution in [2.24, 2.45) is 17.8 Å². The van der Waals surface area contributed by atoms with Crippen molar-refractivity contribution in [1.82, 2.24) is 9.97 Å². The van der Waals surface area contributed by atoms with Gasteiger partial charge >= 0.3 is 5.97 Å². The molecule has 204 valence electrons. The summed E-state index contributed by atoms with van der Waals surface area (Å²) in [6.45, 7) is 0. The monoisotopic (exact) mass is 552 g/mol. The summed E-state index contributed by atoms with van der Waals surface area (Å²) in [6, 6.07) is 5.51. The Kier molecular flexibility index (Phi) is 6.21. The molecule has 0 radical (unpaired) electrons. The molecule has 6 nitrogen and oxygen atoms in total. The average Bonchev–Trinajstić information content (AvgIpc) is 3.35. The minimum atomic E-state index is -1.28. The van der Waals surface area contributed by atoms with Gasteiger partial charge in [-0.15, -0.1) is 0 Å². The second-order valence-corrected chi connectivity index (χ2v) is 10.3. The molecular formula is C29H21F5N4O2. The molecule has 2 bridgehead atoms. The summed E-state index contributed by atoms with van der Waals surface area (Å²) < 4.78 is 72.9. The second kappa shape index (κ2) is 9.62. The Morgan fingerprint density at radius 2 is 1.73 bits per heavy atom. The Labute approximate surface area is 224 Å². The van der Waals surface area contributed by atoms with E-state index in [1.54, 1.807) is 0 Å². The van der Waals surface area contributed by atoms with Gasteiger partial charge in [0, 0.05) is 34.8 Å². The summed E-state index contributed by atoms with van der Waals surface area (Å²) in [5.74, 6) is -7.73. The van der Waals surface area contributed by atoms with Crippen molar-refractivity contribution in [3.8, 4) is 28.5 Å². The fraction of sp³-hybridized carbons (Fsp3) is 0.276. The number of hydrogen-bond donors (Lipinski definition) is 3. The topological polar surface area (TPSA) is 102 Å². The van der Waals surface area contributed by atoms with Gasteiger partial charge in [-0.2, -0.15) is 5.26 Å². The first-order valence-corrected chi connectivity index (χ1v) is 12.7. The van der Waals surface area contributed by atoms with Crippen molar-refractivity contribution >= 4 is 22.7 Å². The van der Waals surface area contributed by atoms with Gasteiger partial charge in [-0.05, 0) is 61.3 Å². The van der Waals surface area contributed by atoms with Gasteiger partial charge in [0.15, 0.2) is 23.3 Å². The molecule has 3 aliphatic rings. The van der Waals surface area contributed by atoms with Crippen molar-refractivity contribution < 1.29 is 31.9 Å². The summed E-state index contributed by atoms with van der Waals surface area (Å²) in [5.41, 5.74) is -1.14. The quantitative estimate of drug-likeness (QED) is 0.237. The molecule has 4 aromatic rings. The van der Waals surface area contributed by atoms with Gasteiger partial charge < -0.3 is 15.4 Å². The molecule has 40 heavy (non-hydrogen) atoms. The van der Waals surface area contributed by atoms with Crippen LogP contribution in [-0.2, 0) is 4.79 Å². The number of nitrogens with zero attached hydrogens (tertiary/aromatic N) is 2. The summed E-state index contributed by atoms with van der Waals surface area (Å²) in [5, 5.41) is 23.1. The van der Waals surface area contributed by atoms with Crippen molar-refractivity contribution in [1.29, 1.82) is 5.26 Å². The van der Waals surface area contributed by atoms with E-state index in [1.165, 1.54) is 6.20 Å². The zero-order valence-corrected chi connectivity index (χ0v) is 20.7. The number of aliphatic carboxylic acids is 1. The van der Waals surface area contributed by atoms with Crippen LogP contribution in [-0.4, -0.2) is 27.1 Å². The Bertz CT molecular complexity index is 1720. The molecule has 2 aromatic carbocycles. The van der Waals surface area contributed by atoms with Crippen molar-refractivity contribution in [3.63, 3.8) is 0 Å². The van der Waals surface area contributed by atoms with Crippen LogP contribution in [0.2, 0.25) is 0 Å². The highest BCUT2D eigenvalue weighted by Gasteiger charge is 2.47. The number of fused-ring (bicyclic) bond motifs is 4. The molecule has 3 saturated carbocycles. The Morgan fingerprint density at radius 1 is 1.00 bits per heavy atom. The van der Waals surface area contributed by atoms with Crippen molar-refractivity contribution in [2.45, 2.75) is 31.7 Å². The number of aromatic amines is 1. The second-order valence-electron chi connectivity index (χ2n) is 10.3. The van der Waals surface area contributed by atoms with Crippen LogP contribution in [0.15, 0.2) is 36.5 Å². The number of carboxylic acid groups (broad SMARTS) is 1. The molecule has 0 spiro atoms. The number of rotatable bonds is 5. The smallest absolute Gasteiger partial charge is 0.308 e. The van der Waals surface area contributed by atoms with Gasteiger partial charge in [0.05, 0.1) is 22.7 Å². The number of carboxylic acids is 1. The van der Waals surface area contributed by atoms with Gasteiger partial charge in [0.1, 0.15) is 17.7 Å². The van der Waals surface area contributed by atoms with Gasteiger partial charge in [0.2, 0.25) is 0 Å². The maximum Gasteiger partial charge on any atom is 0.308 e. The SMILES string of the molecule is N#Cc1c(-c2c[nH]c3c(F)cc(F)cc23)nc(N[C@@H]2C3CCC(CC3)[C@H]2C(=O)O)c(F)c1-c1ccc(F)c(F)c1. The van der Waals surface area contributed by atoms with Crippen LogP contribution < -0.4 is 5.32 Å². The van der Waals surface area contributed by atoms with Gasteiger partial charge in [0.25, 0.3) is 0 Å². The van der Waals surface area contributed by atoms with E-state index in [1.807, 2.05) is 6.07 Å². The average molecular weight is 553 g/mol. The van der Waals surface area contributed by atoms with Crippen LogP contribution in [0, 0.1) is 58.2 Å². The molecule has 0 unspecified atom stereocenters. The number of pyridine rings is 1. The van der Waals surface area contributed by atoms with E-state index in [2.05, 4.69) is 15.3 Å². The molecule has 0 aliphatic heterocycles. The minimum Gasteiger partial charge on any atom is -0.481 e. The highest BCUT2D eigenvalue weighted by atomic mass is 19.2. The van der Waals surface area contributed by atoms with E-state index in [9.17, 15) is 32.7 Å². The summed E-state index contributed by atoms with van der Waals surface area (Å²) in [6.07, 6.45) is 4.25. The fourth-order valence-corrected chi connectivity index (χ4v) is 6.41. The highest BCUT2D eigenvalue weighted by Crippen LogP contribution is 2.47. The normalized spacial score (nSPS) is 21.9. The maximum absolute atomic E-state index is 16.3. The molecule has 2 atom stereocenters. The molecule has 2 heterocycles. The van der Waals surface area contributed by atoms with E-state index in [0.717, 1.165) is 49.9 Å². The molecule has 11 heteroatoms. The number of anilines is 1. The first-order chi connectivity index (χ1) is 19.2. The number of nitriles is 1. The highest BCUT2D eigenvalue weighted by molar-refractivity contribution is 5.98. The first-order valence-electron chi connectivity index (χ1n) is 12.7. The van der Waals surface area contributed by atoms with Gasteiger partial charge in [-0.3, -0.25) is 4.79 Å². The van der Waals surface area contributed by atoms with E-state index < -0.39 is 58.4 Å². The fourth-order valence-electron chi connectivity index (χ4n) is 6.41. The van der Waals surface area contributed by atoms with Crippen LogP contribution in [0.4, 0.5) is 27.8 Å². The zero-order valence-electron chi connectivity index (χ0n) is 20.7. The van der Waals surface area contributed by atoms with Crippen LogP contribution >= 0.6 is 0 Å². The molecule has 3 N–H and O–H groups in total. The van der Waals surface area contributed by atoms with E-state index in [0.29, 0.717) is 6.07 Å². The number of benzene rings is 2. The first kappa shape index (κ1) is 25.8. The van der Waals surface area contributed by atoms with Crippen molar-refractivity contribution in [2.75, 3.05) is 5.32 Å². The Morgan fingerprint density at radius 3 is 2.40 bits per heavy atom.